The fourth-order valence-corrected chi connectivity index (χ4v) is 2.47. The Hall–Kier alpha value is -0.981. The number of nitrogens with zero attached hydrogens (tertiary/aromatic N) is 1. The van der Waals surface area contributed by atoms with Gasteiger partial charge in [-0.3, -0.25) is 4.98 Å². The van der Waals surface area contributed by atoms with Crippen LogP contribution >= 0.6 is 0 Å². The number of benzene rings is 1. The molecule has 97 valence electrons. The Labute approximate surface area is 123 Å². The van der Waals surface area contributed by atoms with Crippen LogP contribution in [0.2, 0.25) is 0 Å². The van der Waals surface area contributed by atoms with Gasteiger partial charge in [0.15, 0.2) is 0 Å². The first kappa shape index (κ1) is 15.1. The first-order chi connectivity index (χ1) is 8.33. The average Bonchev–Trinajstić information content (AvgIpc) is 2.43. The SMILES string of the molecule is CCC(CC)(c1[c-]cccc1)c1ccccn1.[Ir]. The van der Waals surface area contributed by atoms with Crippen LogP contribution in [0.25, 0.3) is 0 Å². The molecule has 0 aliphatic carbocycles. The Kier molecular flexibility index (Phi) is 5.71. The summed E-state index contributed by atoms with van der Waals surface area (Å²) in [7, 11) is 0. The van der Waals surface area contributed by atoms with Crippen molar-refractivity contribution < 1.29 is 20.1 Å². The standard InChI is InChI=1S/C16H18N.Ir/c1-3-16(4-2,14-10-6-5-7-11-14)15-12-8-9-13-17-15;/h5-10,12-13H,3-4H2,1-2H3;/q-1;. The van der Waals surface area contributed by atoms with Gasteiger partial charge in [0.25, 0.3) is 0 Å². The van der Waals surface area contributed by atoms with Gasteiger partial charge in [-0.15, -0.1) is 0 Å². The van der Waals surface area contributed by atoms with E-state index in [0.29, 0.717) is 0 Å². The molecule has 0 unspecified atom stereocenters. The number of aromatic nitrogens is 1. The third-order valence-electron chi connectivity index (χ3n) is 3.59. The van der Waals surface area contributed by atoms with E-state index >= 15 is 0 Å². The van der Waals surface area contributed by atoms with Crippen molar-refractivity contribution in [1.82, 2.24) is 4.98 Å². The van der Waals surface area contributed by atoms with E-state index in [-0.39, 0.29) is 25.5 Å². The summed E-state index contributed by atoms with van der Waals surface area (Å²) in [5, 5.41) is 0. The van der Waals surface area contributed by atoms with Gasteiger partial charge in [0.2, 0.25) is 0 Å². The Morgan fingerprint density at radius 3 is 2.28 bits per heavy atom. The predicted octanol–water partition coefficient (Wildman–Crippen LogP) is 3.99. The van der Waals surface area contributed by atoms with Crippen molar-refractivity contribution in [2.24, 2.45) is 0 Å². The van der Waals surface area contributed by atoms with Gasteiger partial charge in [0.05, 0.1) is 0 Å². The van der Waals surface area contributed by atoms with E-state index in [1.54, 1.807) is 0 Å². The van der Waals surface area contributed by atoms with Gasteiger partial charge in [-0.1, -0.05) is 19.9 Å². The summed E-state index contributed by atoms with van der Waals surface area (Å²) >= 11 is 0. The number of rotatable bonds is 4. The van der Waals surface area contributed by atoms with Crippen LogP contribution in [-0.4, -0.2) is 4.98 Å². The second kappa shape index (κ2) is 6.82. The molecule has 0 spiro atoms. The van der Waals surface area contributed by atoms with Crippen LogP contribution in [0.3, 0.4) is 0 Å². The van der Waals surface area contributed by atoms with E-state index < -0.39 is 0 Å². The summed E-state index contributed by atoms with van der Waals surface area (Å²) in [4.78, 5) is 4.55. The number of hydrogen-bond acceptors (Lipinski definition) is 1. The van der Waals surface area contributed by atoms with Crippen LogP contribution in [0.4, 0.5) is 0 Å². The van der Waals surface area contributed by atoms with Crippen molar-refractivity contribution in [3.63, 3.8) is 0 Å². The average molecular weight is 417 g/mol. The minimum absolute atomic E-state index is 0. The molecule has 0 aliphatic rings. The molecule has 0 saturated carbocycles. The van der Waals surface area contributed by atoms with Gasteiger partial charge in [0.1, 0.15) is 0 Å². The van der Waals surface area contributed by atoms with Crippen LogP contribution in [0.15, 0.2) is 48.7 Å². The topological polar surface area (TPSA) is 12.9 Å². The molecule has 2 heteroatoms. The van der Waals surface area contributed by atoms with Crippen molar-refractivity contribution in [1.29, 1.82) is 0 Å². The molecule has 0 amide bonds. The van der Waals surface area contributed by atoms with Crippen molar-refractivity contribution >= 4 is 0 Å². The third-order valence-corrected chi connectivity index (χ3v) is 3.59. The minimum atomic E-state index is 0. The molecule has 18 heavy (non-hydrogen) atoms. The number of pyridine rings is 1. The zero-order valence-corrected chi connectivity index (χ0v) is 13.2. The summed E-state index contributed by atoms with van der Waals surface area (Å²) in [5.74, 6) is 0. The first-order valence-electron chi connectivity index (χ1n) is 6.22. The van der Waals surface area contributed by atoms with E-state index in [0.717, 1.165) is 18.5 Å². The summed E-state index contributed by atoms with van der Waals surface area (Å²) in [6, 6.07) is 17.7. The quantitative estimate of drug-likeness (QED) is 0.687. The van der Waals surface area contributed by atoms with Crippen molar-refractivity contribution in [3.05, 3.63) is 66.0 Å². The summed E-state index contributed by atoms with van der Waals surface area (Å²) in [6.07, 6.45) is 3.96. The summed E-state index contributed by atoms with van der Waals surface area (Å²) < 4.78 is 0. The molecule has 1 aromatic heterocycles. The molecule has 1 radical (unpaired) electrons. The van der Waals surface area contributed by atoms with Crippen molar-refractivity contribution in [3.8, 4) is 0 Å². The van der Waals surface area contributed by atoms with E-state index in [1.165, 1.54) is 5.56 Å². The molecule has 0 N–H and O–H groups in total. The Morgan fingerprint density at radius 2 is 1.78 bits per heavy atom. The van der Waals surface area contributed by atoms with Crippen LogP contribution in [-0.2, 0) is 25.5 Å². The molecule has 0 fully saturated rings. The molecule has 0 bridgehead atoms. The van der Waals surface area contributed by atoms with Gasteiger partial charge in [0, 0.05) is 37.4 Å². The van der Waals surface area contributed by atoms with Crippen molar-refractivity contribution in [2.75, 3.05) is 0 Å². The maximum absolute atomic E-state index is 4.55. The smallest absolute Gasteiger partial charge is 0.0488 e. The van der Waals surface area contributed by atoms with E-state index in [9.17, 15) is 0 Å². The Balaban J connectivity index is 0.00000162. The molecule has 2 aromatic rings. The van der Waals surface area contributed by atoms with Gasteiger partial charge < -0.3 is 0 Å². The molecule has 1 heterocycles. The van der Waals surface area contributed by atoms with Crippen LogP contribution in [0.5, 0.6) is 0 Å². The molecular formula is C16H18IrN-. The third kappa shape index (κ3) is 2.71. The molecule has 1 aromatic carbocycles. The van der Waals surface area contributed by atoms with Crippen LogP contribution in [0.1, 0.15) is 37.9 Å². The van der Waals surface area contributed by atoms with Crippen LogP contribution in [0, 0.1) is 6.07 Å². The van der Waals surface area contributed by atoms with E-state index in [1.807, 2.05) is 24.4 Å². The molecule has 2 rings (SSSR count). The fourth-order valence-electron chi connectivity index (χ4n) is 2.47. The van der Waals surface area contributed by atoms with E-state index in [2.05, 4.69) is 49.2 Å². The Bertz CT molecular complexity index is 408. The maximum atomic E-state index is 4.55. The first-order valence-corrected chi connectivity index (χ1v) is 6.22. The van der Waals surface area contributed by atoms with Gasteiger partial charge in [-0.05, 0) is 25.0 Å². The summed E-state index contributed by atoms with van der Waals surface area (Å²) in [6.45, 7) is 4.44. The monoisotopic (exact) mass is 417 g/mol. The minimum Gasteiger partial charge on any atom is -0.260 e. The van der Waals surface area contributed by atoms with Gasteiger partial charge >= 0.3 is 0 Å². The zero-order valence-electron chi connectivity index (χ0n) is 10.8. The Morgan fingerprint density at radius 1 is 1.06 bits per heavy atom. The second-order valence-corrected chi connectivity index (χ2v) is 4.28. The fraction of sp³-hybridized carbons (Fsp3) is 0.312. The largest absolute Gasteiger partial charge is 0.260 e. The second-order valence-electron chi connectivity index (χ2n) is 4.28. The predicted molar refractivity (Wildman–Crippen MR) is 70.9 cm³/mol. The van der Waals surface area contributed by atoms with Gasteiger partial charge in [-0.2, -0.15) is 35.9 Å². The van der Waals surface area contributed by atoms with E-state index in [4.69, 9.17) is 0 Å². The molecular weight excluding hydrogens is 398 g/mol. The number of hydrogen-bond donors (Lipinski definition) is 0. The molecule has 0 aliphatic heterocycles. The maximum Gasteiger partial charge on any atom is 0.0488 e. The zero-order chi connectivity index (χ0) is 12.1. The molecule has 1 nitrogen and oxygen atoms in total. The molecule has 0 saturated heterocycles. The van der Waals surface area contributed by atoms with Crippen LogP contribution < -0.4 is 0 Å². The van der Waals surface area contributed by atoms with Gasteiger partial charge in [-0.25, -0.2) is 0 Å². The molecule has 0 atom stereocenters. The normalized spacial score (nSPS) is 10.8. The summed E-state index contributed by atoms with van der Waals surface area (Å²) in [5.41, 5.74) is 2.39. The van der Waals surface area contributed by atoms with Crippen molar-refractivity contribution in [2.45, 2.75) is 32.1 Å².